The standard InChI is InChI=1S/C19H21ClN2O3/c1-14-11-18(7-8-19(14)20)25-10-4-9-24-17-6-3-5-16(12-17)13-21-22-15(2)23/h3,5-8,11-13H,4,9-10H2,1-2H3,(H,22,23). The maximum atomic E-state index is 10.8. The van der Waals surface area contributed by atoms with Gasteiger partial charge in [-0.1, -0.05) is 23.7 Å². The van der Waals surface area contributed by atoms with Crippen LogP contribution >= 0.6 is 11.6 Å². The van der Waals surface area contributed by atoms with Gasteiger partial charge in [0, 0.05) is 18.4 Å². The van der Waals surface area contributed by atoms with Crippen molar-refractivity contribution in [2.75, 3.05) is 13.2 Å². The molecule has 0 saturated heterocycles. The van der Waals surface area contributed by atoms with Crippen molar-refractivity contribution < 1.29 is 14.3 Å². The summed E-state index contributed by atoms with van der Waals surface area (Å²) in [4.78, 5) is 10.8. The molecule has 132 valence electrons. The third kappa shape index (κ3) is 6.85. The number of benzene rings is 2. The Morgan fingerprint density at radius 3 is 2.56 bits per heavy atom. The van der Waals surface area contributed by atoms with Gasteiger partial charge in [0.25, 0.3) is 0 Å². The lowest BCUT2D eigenvalue weighted by Gasteiger charge is -2.09. The molecule has 0 saturated carbocycles. The van der Waals surface area contributed by atoms with Crippen molar-refractivity contribution in [3.63, 3.8) is 0 Å². The molecule has 0 aliphatic heterocycles. The maximum absolute atomic E-state index is 10.8. The van der Waals surface area contributed by atoms with E-state index in [1.165, 1.54) is 6.92 Å². The minimum absolute atomic E-state index is 0.209. The maximum Gasteiger partial charge on any atom is 0.236 e. The smallest absolute Gasteiger partial charge is 0.236 e. The van der Waals surface area contributed by atoms with Gasteiger partial charge in [0.15, 0.2) is 0 Å². The summed E-state index contributed by atoms with van der Waals surface area (Å²) >= 11 is 5.99. The molecule has 1 amide bonds. The predicted octanol–water partition coefficient (Wildman–Crippen LogP) is 3.97. The summed E-state index contributed by atoms with van der Waals surface area (Å²) in [5.41, 5.74) is 4.20. The number of nitrogens with zero attached hydrogens (tertiary/aromatic N) is 1. The van der Waals surface area contributed by atoms with Crippen LogP contribution in [-0.4, -0.2) is 25.3 Å². The Kier molecular flexibility index (Phi) is 7.29. The number of halogens is 1. The van der Waals surface area contributed by atoms with E-state index in [0.29, 0.717) is 13.2 Å². The van der Waals surface area contributed by atoms with Gasteiger partial charge in [-0.3, -0.25) is 4.79 Å². The molecule has 0 spiro atoms. The Hall–Kier alpha value is -2.53. The van der Waals surface area contributed by atoms with Gasteiger partial charge in [0.2, 0.25) is 5.91 Å². The number of carbonyl (C=O) groups is 1. The van der Waals surface area contributed by atoms with Gasteiger partial charge in [-0.05, 0) is 48.4 Å². The molecule has 2 aromatic rings. The SMILES string of the molecule is CC(=O)NN=Cc1cccc(OCCCOc2ccc(Cl)c(C)c2)c1. The number of amides is 1. The number of hydrazone groups is 1. The molecule has 6 heteroatoms. The summed E-state index contributed by atoms with van der Waals surface area (Å²) < 4.78 is 11.4. The summed E-state index contributed by atoms with van der Waals surface area (Å²) in [5, 5.41) is 4.56. The second-order valence-electron chi connectivity index (χ2n) is 5.46. The fourth-order valence-corrected chi connectivity index (χ4v) is 2.15. The molecule has 0 bridgehead atoms. The van der Waals surface area contributed by atoms with Gasteiger partial charge in [-0.15, -0.1) is 0 Å². The van der Waals surface area contributed by atoms with Crippen molar-refractivity contribution >= 4 is 23.7 Å². The van der Waals surface area contributed by atoms with E-state index in [1.807, 2.05) is 49.4 Å². The second kappa shape index (κ2) is 9.69. The number of rotatable bonds is 8. The Bertz CT molecular complexity index is 747. The Morgan fingerprint density at radius 2 is 1.88 bits per heavy atom. The van der Waals surface area contributed by atoms with Crippen molar-refractivity contribution in [1.29, 1.82) is 0 Å². The lowest BCUT2D eigenvalue weighted by atomic mass is 10.2. The van der Waals surface area contributed by atoms with E-state index in [0.717, 1.165) is 34.1 Å². The molecule has 2 aromatic carbocycles. The van der Waals surface area contributed by atoms with Crippen LogP contribution in [0.15, 0.2) is 47.6 Å². The van der Waals surface area contributed by atoms with E-state index in [2.05, 4.69) is 10.5 Å². The highest BCUT2D eigenvalue weighted by molar-refractivity contribution is 6.31. The van der Waals surface area contributed by atoms with E-state index in [1.54, 1.807) is 6.21 Å². The van der Waals surface area contributed by atoms with Crippen molar-refractivity contribution in [2.24, 2.45) is 5.10 Å². The minimum atomic E-state index is -0.209. The first-order chi connectivity index (χ1) is 12.0. The second-order valence-corrected chi connectivity index (χ2v) is 5.87. The molecule has 0 aliphatic rings. The molecular formula is C19H21ClN2O3. The number of hydrogen-bond acceptors (Lipinski definition) is 4. The average Bonchev–Trinajstić information content (AvgIpc) is 2.58. The normalized spacial score (nSPS) is 10.7. The predicted molar refractivity (Wildman–Crippen MR) is 99.6 cm³/mol. The van der Waals surface area contributed by atoms with Crippen LogP contribution in [0.3, 0.4) is 0 Å². The van der Waals surface area contributed by atoms with Crippen LogP contribution in [0.5, 0.6) is 11.5 Å². The van der Waals surface area contributed by atoms with Crippen LogP contribution in [0, 0.1) is 6.92 Å². The molecule has 1 N–H and O–H groups in total. The third-order valence-corrected chi connectivity index (χ3v) is 3.67. The zero-order chi connectivity index (χ0) is 18.1. The summed E-state index contributed by atoms with van der Waals surface area (Å²) in [7, 11) is 0. The molecule has 0 fully saturated rings. The van der Waals surface area contributed by atoms with E-state index in [-0.39, 0.29) is 5.91 Å². The van der Waals surface area contributed by atoms with E-state index in [9.17, 15) is 4.79 Å². The van der Waals surface area contributed by atoms with Crippen molar-refractivity contribution in [3.05, 3.63) is 58.6 Å². The van der Waals surface area contributed by atoms with E-state index < -0.39 is 0 Å². The Balaban J connectivity index is 1.73. The van der Waals surface area contributed by atoms with Crippen molar-refractivity contribution in [2.45, 2.75) is 20.3 Å². The average molecular weight is 361 g/mol. The topological polar surface area (TPSA) is 59.9 Å². The van der Waals surface area contributed by atoms with Crippen LogP contribution in [0.2, 0.25) is 5.02 Å². The van der Waals surface area contributed by atoms with Crippen molar-refractivity contribution in [1.82, 2.24) is 5.43 Å². The van der Waals surface area contributed by atoms with E-state index in [4.69, 9.17) is 21.1 Å². The third-order valence-electron chi connectivity index (χ3n) is 3.25. The molecule has 0 unspecified atom stereocenters. The molecule has 0 aliphatic carbocycles. The molecule has 0 radical (unpaired) electrons. The van der Waals surface area contributed by atoms with Crippen molar-refractivity contribution in [3.8, 4) is 11.5 Å². The van der Waals surface area contributed by atoms with Gasteiger partial charge in [0.1, 0.15) is 11.5 Å². The number of aryl methyl sites for hydroxylation is 1. The minimum Gasteiger partial charge on any atom is -0.493 e. The van der Waals surface area contributed by atoms with E-state index >= 15 is 0 Å². The van der Waals surface area contributed by atoms with Crippen LogP contribution in [0.25, 0.3) is 0 Å². The molecule has 0 aromatic heterocycles. The van der Waals surface area contributed by atoms with Gasteiger partial charge >= 0.3 is 0 Å². The highest BCUT2D eigenvalue weighted by Crippen LogP contribution is 2.21. The number of hydrogen-bond donors (Lipinski definition) is 1. The Labute approximate surface area is 152 Å². The lowest BCUT2D eigenvalue weighted by Crippen LogP contribution is -2.12. The summed E-state index contributed by atoms with van der Waals surface area (Å²) in [6, 6.07) is 13.1. The molecule has 0 heterocycles. The fourth-order valence-electron chi connectivity index (χ4n) is 2.03. The monoisotopic (exact) mass is 360 g/mol. The first-order valence-electron chi connectivity index (χ1n) is 7.96. The van der Waals surface area contributed by atoms with Gasteiger partial charge < -0.3 is 9.47 Å². The molecule has 0 atom stereocenters. The highest BCUT2D eigenvalue weighted by Gasteiger charge is 2.00. The fraction of sp³-hybridized carbons (Fsp3) is 0.263. The van der Waals surface area contributed by atoms with Gasteiger partial charge in [-0.2, -0.15) is 5.10 Å². The van der Waals surface area contributed by atoms with Gasteiger partial charge in [-0.25, -0.2) is 5.43 Å². The molecular weight excluding hydrogens is 340 g/mol. The number of nitrogens with one attached hydrogen (secondary N) is 1. The number of carbonyl (C=O) groups excluding carboxylic acids is 1. The summed E-state index contributed by atoms with van der Waals surface area (Å²) in [6.45, 7) is 4.45. The zero-order valence-electron chi connectivity index (χ0n) is 14.3. The van der Waals surface area contributed by atoms with Crippen LogP contribution in [-0.2, 0) is 4.79 Å². The highest BCUT2D eigenvalue weighted by atomic mass is 35.5. The van der Waals surface area contributed by atoms with Crippen LogP contribution in [0.1, 0.15) is 24.5 Å². The zero-order valence-corrected chi connectivity index (χ0v) is 15.0. The lowest BCUT2D eigenvalue weighted by molar-refractivity contribution is -0.118. The number of ether oxygens (including phenoxy) is 2. The quantitative estimate of drug-likeness (QED) is 0.440. The Morgan fingerprint density at radius 1 is 1.16 bits per heavy atom. The van der Waals surface area contributed by atoms with Crippen LogP contribution < -0.4 is 14.9 Å². The summed E-state index contributed by atoms with van der Waals surface area (Å²) in [5.74, 6) is 1.34. The first-order valence-corrected chi connectivity index (χ1v) is 8.34. The summed E-state index contributed by atoms with van der Waals surface area (Å²) in [6.07, 6.45) is 2.33. The molecule has 5 nitrogen and oxygen atoms in total. The molecule has 25 heavy (non-hydrogen) atoms. The van der Waals surface area contributed by atoms with Crippen LogP contribution in [0.4, 0.5) is 0 Å². The van der Waals surface area contributed by atoms with Gasteiger partial charge in [0.05, 0.1) is 19.4 Å². The largest absolute Gasteiger partial charge is 0.493 e. The first kappa shape index (κ1) is 18.8. The molecule has 2 rings (SSSR count).